The van der Waals surface area contributed by atoms with Gasteiger partial charge in [-0.2, -0.15) is 0 Å². The number of ether oxygens (including phenoxy) is 2. The second-order valence-corrected chi connectivity index (χ2v) is 4.60. The largest absolute Gasteiger partial charge is 0.496 e. The van der Waals surface area contributed by atoms with Crippen LogP contribution in [0.4, 0.5) is 0 Å². The topological polar surface area (TPSA) is 44.5 Å². The maximum absolute atomic E-state index is 6.36. The van der Waals surface area contributed by atoms with Gasteiger partial charge in [-0.05, 0) is 30.9 Å². The predicted molar refractivity (Wildman–Crippen MR) is 75.0 cm³/mol. The molecule has 0 saturated carbocycles. The number of nitrogens with two attached hydrogens (primary N) is 1. The fraction of sp³-hybridized carbons (Fsp3) is 0.600. The molecule has 1 unspecified atom stereocenters. The van der Waals surface area contributed by atoms with Gasteiger partial charge in [0.25, 0.3) is 0 Å². The molecular weight excluding hydrogens is 226 g/mol. The Hall–Kier alpha value is -1.06. The minimum atomic E-state index is -0.249. The number of benzene rings is 1. The van der Waals surface area contributed by atoms with Crippen LogP contribution in [0.15, 0.2) is 24.3 Å². The molecule has 0 aromatic heterocycles. The van der Waals surface area contributed by atoms with Crippen molar-refractivity contribution in [3.8, 4) is 5.75 Å². The number of methoxy groups -OCH3 is 2. The SMILES string of the molecule is CCC(CC)(OC)C(N)Cc1ccccc1OC. The maximum atomic E-state index is 6.36. The van der Waals surface area contributed by atoms with Crippen LogP contribution in [0.2, 0.25) is 0 Å². The monoisotopic (exact) mass is 251 g/mol. The Morgan fingerprint density at radius 3 is 2.28 bits per heavy atom. The molecule has 3 nitrogen and oxygen atoms in total. The van der Waals surface area contributed by atoms with Crippen LogP contribution in [0, 0.1) is 0 Å². The molecule has 0 aliphatic heterocycles. The third-order valence-electron chi connectivity index (χ3n) is 3.91. The van der Waals surface area contributed by atoms with E-state index in [9.17, 15) is 0 Å². The summed E-state index contributed by atoms with van der Waals surface area (Å²) in [5.41, 5.74) is 7.25. The molecule has 18 heavy (non-hydrogen) atoms. The summed E-state index contributed by atoms with van der Waals surface area (Å²) in [4.78, 5) is 0. The van der Waals surface area contributed by atoms with E-state index in [0.717, 1.165) is 30.6 Å². The zero-order valence-corrected chi connectivity index (χ0v) is 11.9. The van der Waals surface area contributed by atoms with Crippen molar-refractivity contribution < 1.29 is 9.47 Å². The molecule has 1 atom stereocenters. The molecule has 3 heteroatoms. The van der Waals surface area contributed by atoms with E-state index in [1.165, 1.54) is 0 Å². The highest BCUT2D eigenvalue weighted by atomic mass is 16.5. The van der Waals surface area contributed by atoms with Gasteiger partial charge in [0.1, 0.15) is 5.75 Å². The van der Waals surface area contributed by atoms with E-state index in [2.05, 4.69) is 19.9 Å². The lowest BCUT2D eigenvalue weighted by Crippen LogP contribution is -2.50. The number of hydrogen-bond donors (Lipinski definition) is 1. The van der Waals surface area contributed by atoms with Crippen LogP contribution in [-0.2, 0) is 11.2 Å². The molecule has 0 radical (unpaired) electrons. The zero-order chi connectivity index (χ0) is 13.6. The van der Waals surface area contributed by atoms with E-state index in [1.54, 1.807) is 14.2 Å². The molecule has 0 heterocycles. The molecule has 0 aliphatic rings. The van der Waals surface area contributed by atoms with Gasteiger partial charge < -0.3 is 15.2 Å². The van der Waals surface area contributed by atoms with Crippen LogP contribution in [0.1, 0.15) is 32.3 Å². The van der Waals surface area contributed by atoms with Gasteiger partial charge in [0, 0.05) is 13.2 Å². The molecule has 0 amide bonds. The standard InChI is InChI=1S/C15H25NO2/c1-5-15(6-2,18-4)14(16)11-12-9-7-8-10-13(12)17-3/h7-10,14H,5-6,11,16H2,1-4H3. The molecule has 102 valence electrons. The Bertz CT molecular complexity index is 353. The zero-order valence-electron chi connectivity index (χ0n) is 11.9. The Kier molecular flexibility index (Phi) is 5.63. The predicted octanol–water partition coefficient (Wildman–Crippen LogP) is 2.77. The lowest BCUT2D eigenvalue weighted by Gasteiger charge is -2.36. The normalized spacial score (nSPS) is 13.4. The summed E-state index contributed by atoms with van der Waals surface area (Å²) in [6.07, 6.45) is 2.59. The van der Waals surface area contributed by atoms with Gasteiger partial charge in [-0.1, -0.05) is 32.0 Å². The van der Waals surface area contributed by atoms with Crippen molar-refractivity contribution in [3.63, 3.8) is 0 Å². The average Bonchev–Trinajstić information content (AvgIpc) is 2.42. The van der Waals surface area contributed by atoms with E-state index >= 15 is 0 Å². The molecule has 0 saturated heterocycles. The van der Waals surface area contributed by atoms with Crippen LogP contribution in [0.5, 0.6) is 5.75 Å². The van der Waals surface area contributed by atoms with E-state index in [0.29, 0.717) is 0 Å². The molecule has 2 N–H and O–H groups in total. The van der Waals surface area contributed by atoms with Crippen LogP contribution in [-0.4, -0.2) is 25.9 Å². The van der Waals surface area contributed by atoms with Gasteiger partial charge in [0.05, 0.1) is 12.7 Å². The number of rotatable bonds is 7. The van der Waals surface area contributed by atoms with Crippen molar-refractivity contribution in [1.82, 2.24) is 0 Å². The molecular formula is C15H25NO2. The minimum Gasteiger partial charge on any atom is -0.496 e. The van der Waals surface area contributed by atoms with E-state index < -0.39 is 0 Å². The summed E-state index contributed by atoms with van der Waals surface area (Å²) in [6, 6.07) is 7.97. The van der Waals surface area contributed by atoms with Gasteiger partial charge in [-0.25, -0.2) is 0 Å². The molecule has 1 aromatic carbocycles. The van der Waals surface area contributed by atoms with Gasteiger partial charge in [-0.3, -0.25) is 0 Å². The third kappa shape index (κ3) is 3.03. The van der Waals surface area contributed by atoms with Crippen LogP contribution in [0.25, 0.3) is 0 Å². The Morgan fingerprint density at radius 2 is 1.78 bits per heavy atom. The fourth-order valence-corrected chi connectivity index (χ4v) is 2.51. The second-order valence-electron chi connectivity index (χ2n) is 4.60. The fourth-order valence-electron chi connectivity index (χ4n) is 2.51. The van der Waals surface area contributed by atoms with Gasteiger partial charge in [-0.15, -0.1) is 0 Å². The summed E-state index contributed by atoms with van der Waals surface area (Å²) in [7, 11) is 3.43. The van der Waals surface area contributed by atoms with Crippen molar-refractivity contribution in [2.45, 2.75) is 44.8 Å². The first-order valence-electron chi connectivity index (χ1n) is 6.56. The first-order valence-corrected chi connectivity index (χ1v) is 6.56. The second kappa shape index (κ2) is 6.76. The van der Waals surface area contributed by atoms with Crippen molar-refractivity contribution >= 4 is 0 Å². The van der Waals surface area contributed by atoms with Crippen molar-refractivity contribution in [3.05, 3.63) is 29.8 Å². The Balaban J connectivity index is 2.89. The van der Waals surface area contributed by atoms with Crippen LogP contribution >= 0.6 is 0 Å². The van der Waals surface area contributed by atoms with Gasteiger partial charge in [0.15, 0.2) is 0 Å². The van der Waals surface area contributed by atoms with Crippen molar-refractivity contribution in [2.24, 2.45) is 5.73 Å². The molecule has 0 spiro atoms. The molecule has 0 fully saturated rings. The van der Waals surface area contributed by atoms with Crippen molar-refractivity contribution in [1.29, 1.82) is 0 Å². The lowest BCUT2D eigenvalue weighted by atomic mass is 9.85. The minimum absolute atomic E-state index is 0.0335. The molecule has 1 aromatic rings. The van der Waals surface area contributed by atoms with E-state index in [1.807, 2.05) is 18.2 Å². The summed E-state index contributed by atoms with van der Waals surface area (Å²) in [5, 5.41) is 0. The van der Waals surface area contributed by atoms with E-state index in [4.69, 9.17) is 15.2 Å². The van der Waals surface area contributed by atoms with E-state index in [-0.39, 0.29) is 11.6 Å². The summed E-state index contributed by atoms with van der Waals surface area (Å²) < 4.78 is 11.0. The number of hydrogen-bond acceptors (Lipinski definition) is 3. The number of para-hydroxylation sites is 1. The molecule has 1 rings (SSSR count). The summed E-state index contributed by atoms with van der Waals surface area (Å²) in [6.45, 7) is 4.24. The smallest absolute Gasteiger partial charge is 0.122 e. The van der Waals surface area contributed by atoms with Crippen LogP contribution < -0.4 is 10.5 Å². The summed E-state index contributed by atoms with van der Waals surface area (Å²) in [5.74, 6) is 0.894. The molecule has 0 aliphatic carbocycles. The molecule has 0 bridgehead atoms. The average molecular weight is 251 g/mol. The first kappa shape index (κ1) is 15.0. The van der Waals surface area contributed by atoms with Crippen molar-refractivity contribution in [2.75, 3.05) is 14.2 Å². The maximum Gasteiger partial charge on any atom is 0.122 e. The lowest BCUT2D eigenvalue weighted by molar-refractivity contribution is -0.0375. The first-order chi connectivity index (χ1) is 8.63. The van der Waals surface area contributed by atoms with Gasteiger partial charge in [0.2, 0.25) is 0 Å². The highest BCUT2D eigenvalue weighted by Crippen LogP contribution is 2.27. The van der Waals surface area contributed by atoms with Gasteiger partial charge >= 0.3 is 0 Å². The highest BCUT2D eigenvalue weighted by molar-refractivity contribution is 5.34. The van der Waals surface area contributed by atoms with Crippen LogP contribution in [0.3, 0.4) is 0 Å². The highest BCUT2D eigenvalue weighted by Gasteiger charge is 2.33. The Labute approximate surface area is 110 Å². The quantitative estimate of drug-likeness (QED) is 0.810. The Morgan fingerprint density at radius 1 is 1.17 bits per heavy atom. The third-order valence-corrected chi connectivity index (χ3v) is 3.91. The summed E-state index contributed by atoms with van der Waals surface area (Å²) >= 11 is 0.